The average Bonchev–Trinajstić information content (AvgIpc) is 2.71. The van der Waals surface area contributed by atoms with Gasteiger partial charge in [0.15, 0.2) is 23.0 Å². The second-order valence-corrected chi connectivity index (χ2v) is 6.02. The minimum atomic E-state index is 0.0392. The first-order valence-corrected chi connectivity index (χ1v) is 9.42. The zero-order valence-corrected chi connectivity index (χ0v) is 15.8. The Balaban J connectivity index is 1.62. The second kappa shape index (κ2) is 11.3. The zero-order valence-electron chi connectivity index (χ0n) is 15.8. The highest BCUT2D eigenvalue weighted by atomic mass is 16.6. The molecule has 7 nitrogen and oxygen atoms in total. The molecule has 0 saturated carbocycles. The summed E-state index contributed by atoms with van der Waals surface area (Å²) in [5.41, 5.74) is 0. The third-order valence-corrected chi connectivity index (χ3v) is 3.94. The van der Waals surface area contributed by atoms with Crippen LogP contribution in [0, 0.1) is 0 Å². The summed E-state index contributed by atoms with van der Waals surface area (Å²) in [6.07, 6.45) is 0.633. The van der Waals surface area contributed by atoms with Gasteiger partial charge in [-0.05, 0) is 24.3 Å². The van der Waals surface area contributed by atoms with E-state index in [4.69, 9.17) is 28.4 Å². The molecule has 0 spiro atoms. The number of hydrogen-bond donors (Lipinski definition) is 1. The van der Waals surface area contributed by atoms with Crippen molar-refractivity contribution in [3.8, 4) is 28.7 Å². The number of phenols is 1. The molecule has 0 saturated heterocycles. The minimum absolute atomic E-state index is 0.0392. The second-order valence-electron chi connectivity index (χ2n) is 6.02. The van der Waals surface area contributed by atoms with E-state index in [1.165, 1.54) is 0 Å². The summed E-state index contributed by atoms with van der Waals surface area (Å²) in [7, 11) is 0. The van der Waals surface area contributed by atoms with Gasteiger partial charge in [-0.25, -0.2) is 0 Å². The van der Waals surface area contributed by atoms with Crippen LogP contribution in [-0.4, -0.2) is 58.0 Å². The van der Waals surface area contributed by atoms with Crippen molar-refractivity contribution in [3.63, 3.8) is 0 Å². The van der Waals surface area contributed by atoms with Gasteiger partial charge in [0.25, 0.3) is 0 Å². The fourth-order valence-electron chi connectivity index (χ4n) is 2.61. The number of rotatable bonds is 0. The molecule has 3 rings (SSSR count). The summed E-state index contributed by atoms with van der Waals surface area (Å²) < 4.78 is 33.9. The standard InChI is InChI=1S/C21H26O7/c22-17-5-3-8-20-21(17)28-10-4-9-25-18-6-1-2-7-19(18)26-15-13-23-11-12-24-14-16-27-20/h1-3,5-8,22H,4,9-16H2. The van der Waals surface area contributed by atoms with Gasteiger partial charge in [-0.1, -0.05) is 18.2 Å². The summed E-state index contributed by atoms with van der Waals surface area (Å²) in [6.45, 7) is 3.43. The highest BCUT2D eigenvalue weighted by Crippen LogP contribution is 2.36. The number of phenolic OH excluding ortho intramolecular Hbond substituents is 1. The molecule has 0 fully saturated rings. The molecule has 1 N–H and O–H groups in total. The topological polar surface area (TPSA) is 75.6 Å². The Hall–Kier alpha value is -2.64. The van der Waals surface area contributed by atoms with Crippen LogP contribution in [0.3, 0.4) is 0 Å². The van der Waals surface area contributed by atoms with Crippen LogP contribution in [0.2, 0.25) is 0 Å². The Morgan fingerprint density at radius 1 is 0.536 bits per heavy atom. The molecule has 0 radical (unpaired) electrons. The SMILES string of the molecule is Oc1cccc2c1OCCCOc1ccccc1OCCOCCOCCO2. The van der Waals surface area contributed by atoms with Crippen molar-refractivity contribution < 1.29 is 33.5 Å². The summed E-state index contributed by atoms with van der Waals surface area (Å²) in [5.74, 6) is 2.20. The molecule has 0 bridgehead atoms. The normalized spacial score (nSPS) is 17.0. The van der Waals surface area contributed by atoms with Crippen molar-refractivity contribution in [2.24, 2.45) is 0 Å². The molecule has 0 atom stereocenters. The Labute approximate surface area is 164 Å². The van der Waals surface area contributed by atoms with E-state index in [-0.39, 0.29) is 5.75 Å². The van der Waals surface area contributed by atoms with Gasteiger partial charge in [0.05, 0.1) is 39.6 Å². The first-order chi connectivity index (χ1) is 13.8. The molecule has 28 heavy (non-hydrogen) atoms. The van der Waals surface area contributed by atoms with E-state index in [0.717, 1.165) is 0 Å². The minimum Gasteiger partial charge on any atom is -0.504 e. The lowest BCUT2D eigenvalue weighted by atomic mass is 10.3. The first-order valence-electron chi connectivity index (χ1n) is 9.42. The predicted molar refractivity (Wildman–Crippen MR) is 103 cm³/mol. The van der Waals surface area contributed by atoms with Crippen molar-refractivity contribution in [2.75, 3.05) is 52.9 Å². The number of fused-ring (bicyclic) bond motifs is 2. The highest BCUT2D eigenvalue weighted by molar-refractivity contribution is 5.50. The lowest BCUT2D eigenvalue weighted by Gasteiger charge is -2.14. The molecule has 152 valence electrons. The fourth-order valence-corrected chi connectivity index (χ4v) is 2.61. The van der Waals surface area contributed by atoms with Gasteiger partial charge in [-0.2, -0.15) is 0 Å². The highest BCUT2D eigenvalue weighted by Gasteiger charge is 2.11. The van der Waals surface area contributed by atoms with E-state index >= 15 is 0 Å². The molecule has 2 aromatic rings. The maximum absolute atomic E-state index is 10.1. The van der Waals surface area contributed by atoms with Crippen LogP contribution in [0.1, 0.15) is 6.42 Å². The molecule has 0 amide bonds. The van der Waals surface area contributed by atoms with Gasteiger partial charge in [0, 0.05) is 6.42 Å². The lowest BCUT2D eigenvalue weighted by Crippen LogP contribution is -2.13. The Bertz CT molecular complexity index is 720. The lowest BCUT2D eigenvalue weighted by molar-refractivity contribution is 0.0269. The largest absolute Gasteiger partial charge is 0.504 e. The van der Waals surface area contributed by atoms with Gasteiger partial charge in [-0.15, -0.1) is 0 Å². The monoisotopic (exact) mass is 390 g/mol. The van der Waals surface area contributed by atoms with E-state index < -0.39 is 0 Å². The number of para-hydroxylation sites is 3. The Morgan fingerprint density at radius 3 is 1.79 bits per heavy atom. The van der Waals surface area contributed by atoms with Gasteiger partial charge >= 0.3 is 0 Å². The quantitative estimate of drug-likeness (QED) is 0.741. The maximum atomic E-state index is 10.1. The van der Waals surface area contributed by atoms with E-state index in [1.807, 2.05) is 24.3 Å². The van der Waals surface area contributed by atoms with Gasteiger partial charge in [0.1, 0.15) is 13.2 Å². The summed E-state index contributed by atoms with van der Waals surface area (Å²) in [5, 5.41) is 10.1. The molecular weight excluding hydrogens is 364 g/mol. The van der Waals surface area contributed by atoms with Gasteiger partial charge in [-0.3, -0.25) is 0 Å². The summed E-state index contributed by atoms with van der Waals surface area (Å²) in [4.78, 5) is 0. The van der Waals surface area contributed by atoms with E-state index in [9.17, 15) is 5.11 Å². The first kappa shape index (κ1) is 20.1. The smallest absolute Gasteiger partial charge is 0.203 e. The molecular formula is C21H26O7. The average molecular weight is 390 g/mol. The van der Waals surface area contributed by atoms with Crippen LogP contribution in [0.25, 0.3) is 0 Å². The van der Waals surface area contributed by atoms with Crippen molar-refractivity contribution >= 4 is 0 Å². The van der Waals surface area contributed by atoms with Gasteiger partial charge < -0.3 is 33.5 Å². The van der Waals surface area contributed by atoms with Crippen molar-refractivity contribution in [1.82, 2.24) is 0 Å². The van der Waals surface area contributed by atoms with Crippen LogP contribution >= 0.6 is 0 Å². The van der Waals surface area contributed by atoms with Crippen LogP contribution in [0.5, 0.6) is 28.7 Å². The molecule has 0 aliphatic carbocycles. The molecule has 1 heterocycles. The summed E-state index contributed by atoms with van der Waals surface area (Å²) >= 11 is 0. The number of hydrogen-bond acceptors (Lipinski definition) is 7. The third kappa shape index (κ3) is 6.21. The molecule has 0 aromatic heterocycles. The molecule has 1 aliphatic heterocycles. The van der Waals surface area contributed by atoms with Crippen LogP contribution < -0.4 is 18.9 Å². The number of aromatic hydroxyl groups is 1. The van der Waals surface area contributed by atoms with Crippen molar-refractivity contribution in [3.05, 3.63) is 42.5 Å². The maximum Gasteiger partial charge on any atom is 0.203 e. The van der Waals surface area contributed by atoms with Gasteiger partial charge in [0.2, 0.25) is 5.75 Å². The Kier molecular flexibility index (Phi) is 8.08. The number of benzene rings is 2. The number of ether oxygens (including phenoxy) is 6. The molecule has 1 aliphatic rings. The van der Waals surface area contributed by atoms with Crippen molar-refractivity contribution in [1.29, 1.82) is 0 Å². The van der Waals surface area contributed by atoms with E-state index in [0.29, 0.717) is 82.3 Å². The Morgan fingerprint density at radius 2 is 1.07 bits per heavy atom. The molecule has 0 unspecified atom stereocenters. The van der Waals surface area contributed by atoms with Crippen LogP contribution in [0.4, 0.5) is 0 Å². The fraction of sp³-hybridized carbons (Fsp3) is 0.429. The molecule has 2 aromatic carbocycles. The predicted octanol–water partition coefficient (Wildman–Crippen LogP) is 3.04. The molecule has 7 heteroatoms. The van der Waals surface area contributed by atoms with E-state index in [1.54, 1.807) is 18.2 Å². The van der Waals surface area contributed by atoms with Crippen molar-refractivity contribution in [2.45, 2.75) is 6.42 Å². The van der Waals surface area contributed by atoms with Crippen LogP contribution in [0.15, 0.2) is 42.5 Å². The summed E-state index contributed by atoms with van der Waals surface area (Å²) in [6, 6.07) is 12.6. The van der Waals surface area contributed by atoms with Crippen LogP contribution in [-0.2, 0) is 9.47 Å². The zero-order chi connectivity index (χ0) is 19.4. The van der Waals surface area contributed by atoms with E-state index in [2.05, 4.69) is 0 Å². The third-order valence-electron chi connectivity index (χ3n) is 3.94.